The number of rotatable bonds is 7. The number of para-hydroxylation sites is 3. The lowest BCUT2D eigenvalue weighted by Gasteiger charge is -2.26. The average Bonchev–Trinajstić information content (AvgIpc) is 4.00. The van der Waals surface area contributed by atoms with Gasteiger partial charge < -0.3 is 13.9 Å². The molecular formula is C60H39N3. The highest BCUT2D eigenvalue weighted by atomic mass is 15.1. The molecule has 0 amide bonds. The van der Waals surface area contributed by atoms with Crippen molar-refractivity contribution in [2.75, 3.05) is 4.90 Å². The topological polar surface area (TPSA) is 12.6 Å². The van der Waals surface area contributed by atoms with Gasteiger partial charge in [-0.3, -0.25) is 0 Å². The zero-order valence-corrected chi connectivity index (χ0v) is 34.4. The number of anilines is 3. The standard InChI is InChI=1S/C60H39N3/c1-4-13-40(14-5-1)42-23-29-47(30-24-42)61(48-31-25-43(26-32-48)41-15-6-2-7-16-41)49-33-36-58-55(39-49)54-38-45(27-34-57(54)62(58)46-17-8-3-9-18-46)44-28-35-59-53(37-44)52-21-12-20-51-50-19-10-11-22-56(50)63(59)60(51)52/h1-39H. The summed E-state index contributed by atoms with van der Waals surface area (Å²) in [6, 6.07) is 86.4. The van der Waals surface area contributed by atoms with Crippen molar-refractivity contribution < 1.29 is 0 Å². The predicted molar refractivity (Wildman–Crippen MR) is 266 cm³/mol. The van der Waals surface area contributed by atoms with E-state index in [0.29, 0.717) is 0 Å². The molecule has 0 unspecified atom stereocenters. The van der Waals surface area contributed by atoms with E-state index >= 15 is 0 Å². The van der Waals surface area contributed by atoms with Crippen LogP contribution in [0.1, 0.15) is 0 Å². The van der Waals surface area contributed by atoms with E-state index in [1.54, 1.807) is 0 Å². The molecule has 0 aliphatic rings. The Balaban J connectivity index is 0.994. The van der Waals surface area contributed by atoms with Gasteiger partial charge in [0.05, 0.1) is 27.6 Å². The molecule has 0 radical (unpaired) electrons. The molecule has 0 aliphatic carbocycles. The van der Waals surface area contributed by atoms with Crippen LogP contribution in [0.25, 0.3) is 99.0 Å². The van der Waals surface area contributed by atoms with Crippen molar-refractivity contribution in [3.8, 4) is 39.1 Å². The Bertz CT molecular complexity index is 3720. The Morgan fingerprint density at radius 2 is 0.667 bits per heavy atom. The molecular weight excluding hydrogens is 763 g/mol. The van der Waals surface area contributed by atoms with E-state index < -0.39 is 0 Å². The fraction of sp³-hybridized carbons (Fsp3) is 0. The first-order chi connectivity index (χ1) is 31.2. The number of nitrogens with zero attached hydrogens (tertiary/aromatic N) is 3. The van der Waals surface area contributed by atoms with Crippen molar-refractivity contribution >= 4 is 77.0 Å². The zero-order valence-electron chi connectivity index (χ0n) is 34.4. The predicted octanol–water partition coefficient (Wildman–Crippen LogP) is 16.4. The van der Waals surface area contributed by atoms with E-state index in [9.17, 15) is 0 Å². The van der Waals surface area contributed by atoms with Crippen molar-refractivity contribution in [1.29, 1.82) is 0 Å². The fourth-order valence-electron chi connectivity index (χ4n) is 10.1. The summed E-state index contributed by atoms with van der Waals surface area (Å²) < 4.78 is 4.86. The lowest BCUT2D eigenvalue weighted by molar-refractivity contribution is 1.18. The van der Waals surface area contributed by atoms with Gasteiger partial charge in [-0.05, 0) is 118 Å². The van der Waals surface area contributed by atoms with Crippen LogP contribution in [0.3, 0.4) is 0 Å². The maximum Gasteiger partial charge on any atom is 0.0620 e. The third-order valence-electron chi connectivity index (χ3n) is 13.0. The van der Waals surface area contributed by atoms with E-state index in [2.05, 4.69) is 250 Å². The smallest absolute Gasteiger partial charge is 0.0620 e. The lowest BCUT2D eigenvalue weighted by atomic mass is 10.00. The molecule has 0 saturated carbocycles. The molecule has 294 valence electrons. The van der Waals surface area contributed by atoms with E-state index in [-0.39, 0.29) is 0 Å². The minimum absolute atomic E-state index is 1.10. The summed E-state index contributed by atoms with van der Waals surface area (Å²) in [5, 5.41) is 7.59. The summed E-state index contributed by atoms with van der Waals surface area (Å²) in [7, 11) is 0. The molecule has 0 N–H and O–H groups in total. The van der Waals surface area contributed by atoms with Gasteiger partial charge in [0.1, 0.15) is 0 Å². The van der Waals surface area contributed by atoms with Crippen molar-refractivity contribution in [3.05, 3.63) is 237 Å². The van der Waals surface area contributed by atoms with Crippen LogP contribution in [0.2, 0.25) is 0 Å². The van der Waals surface area contributed by atoms with Crippen molar-refractivity contribution in [2.45, 2.75) is 0 Å². The molecule has 0 atom stereocenters. The molecule has 0 fully saturated rings. The Labute approximate surface area is 364 Å². The molecule has 3 heterocycles. The van der Waals surface area contributed by atoms with Crippen LogP contribution in [-0.2, 0) is 0 Å². The number of fused-ring (bicyclic) bond motifs is 9. The summed E-state index contributed by atoms with van der Waals surface area (Å²) >= 11 is 0. The molecule has 3 aromatic heterocycles. The molecule has 3 heteroatoms. The van der Waals surface area contributed by atoms with Gasteiger partial charge in [0, 0.05) is 55.1 Å². The maximum absolute atomic E-state index is 2.45. The van der Waals surface area contributed by atoms with Crippen LogP contribution in [0.5, 0.6) is 0 Å². The normalized spacial score (nSPS) is 11.8. The Hall–Kier alpha value is -8.40. The first-order valence-corrected chi connectivity index (χ1v) is 21.7. The SMILES string of the molecule is c1ccc(-c2ccc(N(c3ccc(-c4ccccc4)cc3)c3ccc4c(c3)c3cc(-c5ccc6c(c5)c5cccc7c8ccccc8n6c75)ccc3n4-c3ccccc3)cc2)cc1. The molecule has 13 aromatic rings. The van der Waals surface area contributed by atoms with E-state index in [1.807, 2.05) is 0 Å². The third-order valence-corrected chi connectivity index (χ3v) is 13.0. The fourth-order valence-corrected chi connectivity index (χ4v) is 10.1. The second-order valence-electron chi connectivity index (χ2n) is 16.6. The molecule has 63 heavy (non-hydrogen) atoms. The van der Waals surface area contributed by atoms with Crippen LogP contribution >= 0.6 is 0 Å². The van der Waals surface area contributed by atoms with E-state index in [4.69, 9.17) is 0 Å². The van der Waals surface area contributed by atoms with E-state index in [0.717, 1.165) is 22.7 Å². The first kappa shape index (κ1) is 35.4. The van der Waals surface area contributed by atoms with Gasteiger partial charge in [0.2, 0.25) is 0 Å². The first-order valence-electron chi connectivity index (χ1n) is 21.7. The second-order valence-corrected chi connectivity index (χ2v) is 16.6. The summed E-state index contributed by atoms with van der Waals surface area (Å²) in [6.07, 6.45) is 0. The van der Waals surface area contributed by atoms with Crippen molar-refractivity contribution in [3.63, 3.8) is 0 Å². The molecule has 13 rings (SSSR count). The molecule has 0 spiro atoms. The van der Waals surface area contributed by atoms with Gasteiger partial charge in [-0.1, -0.05) is 152 Å². The minimum atomic E-state index is 1.10. The Morgan fingerprint density at radius 1 is 0.254 bits per heavy atom. The highest BCUT2D eigenvalue weighted by Gasteiger charge is 2.20. The second kappa shape index (κ2) is 14.1. The number of aromatic nitrogens is 2. The molecule has 0 bridgehead atoms. The highest BCUT2D eigenvalue weighted by molar-refractivity contribution is 6.23. The zero-order chi connectivity index (χ0) is 41.4. The largest absolute Gasteiger partial charge is 0.310 e. The van der Waals surface area contributed by atoms with Crippen LogP contribution in [0.15, 0.2) is 237 Å². The van der Waals surface area contributed by atoms with Crippen LogP contribution in [0, 0.1) is 0 Å². The van der Waals surface area contributed by atoms with Gasteiger partial charge in [-0.25, -0.2) is 0 Å². The number of hydrogen-bond acceptors (Lipinski definition) is 1. The number of hydrogen-bond donors (Lipinski definition) is 0. The summed E-state index contributed by atoms with van der Waals surface area (Å²) in [6.45, 7) is 0. The maximum atomic E-state index is 2.45. The van der Waals surface area contributed by atoms with Crippen LogP contribution in [0.4, 0.5) is 17.1 Å². The highest BCUT2D eigenvalue weighted by Crippen LogP contribution is 2.44. The Kier molecular flexibility index (Phi) is 7.91. The van der Waals surface area contributed by atoms with Gasteiger partial charge in [-0.2, -0.15) is 0 Å². The van der Waals surface area contributed by atoms with Gasteiger partial charge in [0.25, 0.3) is 0 Å². The van der Waals surface area contributed by atoms with Crippen molar-refractivity contribution in [1.82, 2.24) is 8.97 Å². The summed E-state index contributed by atoms with van der Waals surface area (Å²) in [5.41, 5.74) is 17.8. The van der Waals surface area contributed by atoms with Crippen molar-refractivity contribution in [2.24, 2.45) is 0 Å². The lowest BCUT2D eigenvalue weighted by Crippen LogP contribution is -2.10. The average molecular weight is 802 g/mol. The number of benzene rings is 10. The van der Waals surface area contributed by atoms with E-state index in [1.165, 1.54) is 93.3 Å². The summed E-state index contributed by atoms with van der Waals surface area (Å²) in [5.74, 6) is 0. The molecule has 10 aromatic carbocycles. The molecule has 0 aliphatic heterocycles. The third kappa shape index (κ3) is 5.60. The van der Waals surface area contributed by atoms with Gasteiger partial charge in [-0.15, -0.1) is 0 Å². The molecule has 3 nitrogen and oxygen atoms in total. The Morgan fingerprint density at radius 3 is 1.29 bits per heavy atom. The van der Waals surface area contributed by atoms with Gasteiger partial charge >= 0.3 is 0 Å². The quantitative estimate of drug-likeness (QED) is 0.156. The van der Waals surface area contributed by atoms with Crippen LogP contribution < -0.4 is 4.90 Å². The minimum Gasteiger partial charge on any atom is -0.310 e. The summed E-state index contributed by atoms with van der Waals surface area (Å²) in [4.78, 5) is 2.39. The molecule has 0 saturated heterocycles. The van der Waals surface area contributed by atoms with Gasteiger partial charge in [0.15, 0.2) is 0 Å². The monoisotopic (exact) mass is 801 g/mol. The van der Waals surface area contributed by atoms with Crippen LogP contribution in [-0.4, -0.2) is 8.97 Å².